The molecule has 150 valence electrons. The van der Waals surface area contributed by atoms with Gasteiger partial charge in [0.25, 0.3) is 0 Å². The van der Waals surface area contributed by atoms with E-state index in [9.17, 15) is 26.4 Å². The van der Waals surface area contributed by atoms with Gasteiger partial charge in [-0.25, -0.2) is 0 Å². The predicted octanol–water partition coefficient (Wildman–Crippen LogP) is 1.89. The molecule has 4 unspecified atom stereocenters. The topological polar surface area (TPSA) is 121 Å². The lowest BCUT2D eigenvalue weighted by molar-refractivity contribution is -0.123. The fourth-order valence-corrected chi connectivity index (χ4v) is 7.32. The van der Waals surface area contributed by atoms with Crippen LogP contribution in [0.5, 0.6) is 0 Å². The van der Waals surface area contributed by atoms with Crippen molar-refractivity contribution in [2.24, 2.45) is 11.8 Å². The van der Waals surface area contributed by atoms with E-state index in [0.717, 1.165) is 0 Å². The van der Waals surface area contributed by atoms with Crippen molar-refractivity contribution in [3.05, 3.63) is 0 Å². The molecule has 4 atom stereocenters. The van der Waals surface area contributed by atoms with Crippen molar-refractivity contribution in [2.45, 2.75) is 75.7 Å². The molecule has 0 bridgehead atoms. The van der Waals surface area contributed by atoms with E-state index in [1.165, 1.54) is 27.7 Å². The average molecular weight is 411 g/mol. The van der Waals surface area contributed by atoms with E-state index in [2.05, 4.69) is 8.67 Å². The number of ketones is 2. The van der Waals surface area contributed by atoms with Gasteiger partial charge in [0.2, 0.25) is 0 Å². The molecular formula is C16H26O8S2. The van der Waals surface area contributed by atoms with Crippen LogP contribution in [0.4, 0.5) is 0 Å². The Balaban J connectivity index is 2.24. The Hall–Kier alpha value is -0.840. The molecular weight excluding hydrogens is 384 g/mol. The molecule has 0 aromatic rings. The van der Waals surface area contributed by atoms with Crippen LogP contribution in [0.1, 0.15) is 66.2 Å². The van der Waals surface area contributed by atoms with Crippen LogP contribution in [0.2, 0.25) is 0 Å². The minimum absolute atomic E-state index is 0.177. The Morgan fingerprint density at radius 2 is 1.08 bits per heavy atom. The lowest BCUT2D eigenvalue weighted by Crippen LogP contribution is -2.46. The Morgan fingerprint density at radius 3 is 1.35 bits per heavy atom. The average Bonchev–Trinajstić information content (AvgIpc) is 3.11. The summed E-state index contributed by atoms with van der Waals surface area (Å²) in [6, 6.07) is 0. The molecule has 2 saturated carbocycles. The highest BCUT2D eigenvalue weighted by Crippen LogP contribution is 2.45. The lowest BCUT2D eigenvalue weighted by Gasteiger charge is -2.30. The first-order valence-corrected chi connectivity index (χ1v) is 11.5. The maximum Gasteiger partial charge on any atom is 0.300 e. The van der Waals surface area contributed by atoms with Crippen LogP contribution in [-0.2, 0) is 38.5 Å². The van der Waals surface area contributed by atoms with Crippen molar-refractivity contribution in [1.82, 2.24) is 0 Å². The third-order valence-electron chi connectivity index (χ3n) is 6.14. The molecule has 0 aromatic carbocycles. The quantitative estimate of drug-likeness (QED) is 0.461. The summed E-state index contributed by atoms with van der Waals surface area (Å²) in [4.78, 5) is 23.5. The summed E-state index contributed by atoms with van der Waals surface area (Å²) in [7, 11) is -8.98. The second-order valence-electron chi connectivity index (χ2n) is 7.78. The third-order valence-corrected chi connectivity index (χ3v) is 9.98. The van der Waals surface area contributed by atoms with Crippen molar-refractivity contribution >= 4 is 31.8 Å². The summed E-state index contributed by atoms with van der Waals surface area (Å²) >= 11 is 0. The molecule has 0 heterocycles. The third kappa shape index (κ3) is 3.36. The predicted molar refractivity (Wildman–Crippen MR) is 92.9 cm³/mol. The van der Waals surface area contributed by atoms with Crippen molar-refractivity contribution < 1.29 is 35.1 Å². The van der Waals surface area contributed by atoms with Gasteiger partial charge in [-0.2, -0.15) is 16.8 Å². The van der Waals surface area contributed by atoms with Crippen LogP contribution in [0, 0.1) is 11.8 Å². The Labute approximate surface area is 154 Å². The van der Waals surface area contributed by atoms with Gasteiger partial charge in [-0.15, -0.1) is 0 Å². The lowest BCUT2D eigenvalue weighted by atomic mass is 9.93. The van der Waals surface area contributed by atoms with Gasteiger partial charge in [-0.1, -0.05) is 21.5 Å². The summed E-state index contributed by atoms with van der Waals surface area (Å²) in [5.41, 5.74) is 0. The number of hydrogen-bond acceptors (Lipinski definition) is 8. The highest BCUT2D eigenvalue weighted by atomic mass is 32.2. The van der Waals surface area contributed by atoms with E-state index < -0.39 is 41.6 Å². The monoisotopic (exact) mass is 410 g/mol. The Bertz CT molecular complexity index is 732. The van der Waals surface area contributed by atoms with Gasteiger partial charge < -0.3 is 0 Å². The fourth-order valence-electron chi connectivity index (χ4n) is 4.37. The SMILES string of the molecule is CC(=O)C1CCCC1(C)S(=O)(=O)OOS(=O)(=O)C1(C)CCCC1C(C)=O. The first-order valence-electron chi connectivity index (χ1n) is 8.66. The highest BCUT2D eigenvalue weighted by molar-refractivity contribution is 7.90. The van der Waals surface area contributed by atoms with E-state index in [4.69, 9.17) is 0 Å². The Morgan fingerprint density at radius 1 is 0.769 bits per heavy atom. The zero-order chi connectivity index (χ0) is 20.0. The smallest absolute Gasteiger partial charge is 0.300 e. The number of carbonyl (C=O) groups is 2. The van der Waals surface area contributed by atoms with Crippen LogP contribution in [0.15, 0.2) is 0 Å². The van der Waals surface area contributed by atoms with Crippen LogP contribution >= 0.6 is 0 Å². The summed E-state index contributed by atoms with van der Waals surface area (Å²) in [5, 5.41) is 0. The minimum Gasteiger partial charge on any atom is -0.300 e. The van der Waals surface area contributed by atoms with E-state index in [-0.39, 0.29) is 24.4 Å². The van der Waals surface area contributed by atoms with E-state index in [1.54, 1.807) is 0 Å². The summed E-state index contributed by atoms with van der Waals surface area (Å²) in [5.74, 6) is -2.13. The van der Waals surface area contributed by atoms with Gasteiger partial charge >= 0.3 is 20.2 Å². The maximum atomic E-state index is 12.6. The zero-order valence-corrected chi connectivity index (χ0v) is 17.1. The Kier molecular flexibility index (Phi) is 5.74. The van der Waals surface area contributed by atoms with Crippen LogP contribution in [-0.4, -0.2) is 37.9 Å². The van der Waals surface area contributed by atoms with Crippen molar-refractivity contribution in [2.75, 3.05) is 0 Å². The van der Waals surface area contributed by atoms with Crippen LogP contribution in [0.25, 0.3) is 0 Å². The van der Waals surface area contributed by atoms with Crippen LogP contribution < -0.4 is 0 Å². The molecule has 2 aliphatic rings. The van der Waals surface area contributed by atoms with Gasteiger partial charge in [0.15, 0.2) is 0 Å². The molecule has 0 saturated heterocycles. The van der Waals surface area contributed by atoms with E-state index in [1.807, 2.05) is 0 Å². The molecule has 0 N–H and O–H groups in total. The molecule has 0 aliphatic heterocycles. The molecule has 2 rings (SSSR count). The first-order chi connectivity index (χ1) is 11.8. The zero-order valence-electron chi connectivity index (χ0n) is 15.5. The molecule has 0 spiro atoms. The van der Waals surface area contributed by atoms with E-state index >= 15 is 0 Å². The van der Waals surface area contributed by atoms with Gasteiger partial charge in [-0.3, -0.25) is 9.59 Å². The van der Waals surface area contributed by atoms with Gasteiger partial charge in [0.1, 0.15) is 21.1 Å². The second kappa shape index (κ2) is 6.96. The van der Waals surface area contributed by atoms with Gasteiger partial charge in [0, 0.05) is 11.8 Å². The van der Waals surface area contributed by atoms with Crippen LogP contribution in [0.3, 0.4) is 0 Å². The number of hydrogen-bond donors (Lipinski definition) is 0. The van der Waals surface area contributed by atoms with Crippen molar-refractivity contribution in [1.29, 1.82) is 0 Å². The standard InChI is InChI=1S/C16H26O8S2/c1-11(17)13-7-5-9-15(13,3)25(19,20)23-24-26(21,22)16(4)10-6-8-14(16)12(2)18/h13-14H,5-10H2,1-4H3. The summed E-state index contributed by atoms with van der Waals surface area (Å²) < 4.78 is 56.4. The van der Waals surface area contributed by atoms with Crippen molar-refractivity contribution in [3.63, 3.8) is 0 Å². The molecule has 2 aliphatic carbocycles. The molecule has 10 heteroatoms. The molecule has 0 amide bonds. The fraction of sp³-hybridized carbons (Fsp3) is 0.875. The second-order valence-corrected chi connectivity index (χ2v) is 11.7. The highest BCUT2D eigenvalue weighted by Gasteiger charge is 2.56. The summed E-state index contributed by atoms with van der Waals surface area (Å²) in [6.07, 6.45) is 2.17. The largest absolute Gasteiger partial charge is 0.300 e. The van der Waals surface area contributed by atoms with E-state index in [0.29, 0.717) is 25.7 Å². The number of carbonyl (C=O) groups excluding carboxylic acids is 2. The van der Waals surface area contributed by atoms with Gasteiger partial charge in [0.05, 0.1) is 0 Å². The minimum atomic E-state index is -4.49. The first kappa shape index (κ1) is 21.5. The molecule has 0 radical (unpaired) electrons. The molecule has 0 aromatic heterocycles. The van der Waals surface area contributed by atoms with Gasteiger partial charge in [-0.05, 0) is 53.4 Å². The number of rotatable bonds is 7. The summed E-state index contributed by atoms with van der Waals surface area (Å²) in [6.45, 7) is 5.34. The van der Waals surface area contributed by atoms with Crippen molar-refractivity contribution in [3.8, 4) is 0 Å². The number of Topliss-reactive ketones (excluding diaryl/α,β-unsaturated/α-hetero) is 2. The molecule has 26 heavy (non-hydrogen) atoms. The molecule has 2 fully saturated rings. The normalized spacial score (nSPS) is 35.5. The molecule has 8 nitrogen and oxygen atoms in total. The maximum absolute atomic E-state index is 12.6.